The van der Waals surface area contributed by atoms with Gasteiger partial charge < -0.3 is 19.0 Å². The van der Waals surface area contributed by atoms with Gasteiger partial charge in [-0.2, -0.15) is 0 Å². The van der Waals surface area contributed by atoms with Gasteiger partial charge in [-0.15, -0.1) is 10.2 Å². The number of hydrogen-bond donors (Lipinski definition) is 1. The van der Waals surface area contributed by atoms with Gasteiger partial charge in [-0.1, -0.05) is 6.42 Å². The average Bonchev–Trinajstić information content (AvgIpc) is 2.99. The molecule has 8 nitrogen and oxygen atoms in total. The van der Waals surface area contributed by atoms with Crippen molar-refractivity contribution in [3.05, 3.63) is 45.5 Å². The highest BCUT2D eigenvalue weighted by Gasteiger charge is 2.26. The predicted molar refractivity (Wildman–Crippen MR) is 94.1 cm³/mol. The van der Waals surface area contributed by atoms with Crippen LogP contribution < -0.4 is 10.9 Å². The van der Waals surface area contributed by atoms with Crippen LogP contribution in [0, 0.1) is 6.92 Å². The summed E-state index contributed by atoms with van der Waals surface area (Å²) in [6.07, 6.45) is 4.80. The van der Waals surface area contributed by atoms with E-state index in [1.54, 1.807) is 27.3 Å². The highest BCUT2D eigenvalue weighted by atomic mass is 16.5. The van der Waals surface area contributed by atoms with Crippen LogP contribution in [0.1, 0.15) is 65.7 Å². The number of aromatic nitrogens is 3. The summed E-state index contributed by atoms with van der Waals surface area (Å²) >= 11 is 0. The Labute approximate surface area is 151 Å². The van der Waals surface area contributed by atoms with Gasteiger partial charge in [0.25, 0.3) is 5.91 Å². The van der Waals surface area contributed by atoms with Crippen LogP contribution in [-0.4, -0.2) is 34.4 Å². The van der Waals surface area contributed by atoms with Crippen LogP contribution in [0.25, 0.3) is 0 Å². The number of ether oxygens (including phenoxy) is 1. The number of methoxy groups -OCH3 is 1. The van der Waals surface area contributed by atoms with Crippen molar-refractivity contribution in [2.75, 3.05) is 13.7 Å². The average molecular weight is 360 g/mol. The van der Waals surface area contributed by atoms with Crippen molar-refractivity contribution >= 4 is 5.91 Å². The summed E-state index contributed by atoms with van der Waals surface area (Å²) in [5, 5.41) is 10.8. The zero-order valence-corrected chi connectivity index (χ0v) is 15.3. The fourth-order valence-electron chi connectivity index (χ4n) is 3.09. The summed E-state index contributed by atoms with van der Waals surface area (Å²) in [6.45, 7) is 4.65. The van der Waals surface area contributed by atoms with E-state index in [0.717, 1.165) is 19.3 Å². The molecule has 0 spiro atoms. The third-order valence-corrected chi connectivity index (χ3v) is 4.82. The minimum absolute atomic E-state index is 0.0443. The maximum Gasteiger partial charge on any atom is 0.349 e. The van der Waals surface area contributed by atoms with E-state index in [0.29, 0.717) is 36.2 Å². The summed E-state index contributed by atoms with van der Waals surface area (Å²) < 4.78 is 12.3. The first-order chi connectivity index (χ1) is 12.5. The largest absolute Gasteiger partial charge is 0.427 e. The molecule has 8 heteroatoms. The second kappa shape index (κ2) is 7.82. The molecule has 1 aliphatic carbocycles. The Morgan fingerprint density at radius 1 is 1.50 bits per heavy atom. The second-order valence-electron chi connectivity index (χ2n) is 6.69. The molecular formula is C18H24N4O4. The second-order valence-corrected chi connectivity index (χ2v) is 6.69. The minimum Gasteiger partial charge on any atom is -0.427 e. The molecular weight excluding hydrogens is 336 g/mol. The normalized spacial score (nSPS) is 15.5. The Kier molecular flexibility index (Phi) is 5.51. The van der Waals surface area contributed by atoms with Crippen LogP contribution in [0.15, 0.2) is 21.6 Å². The molecule has 1 atom stereocenters. The van der Waals surface area contributed by atoms with Gasteiger partial charge in [0.1, 0.15) is 17.7 Å². The van der Waals surface area contributed by atoms with Crippen LogP contribution in [-0.2, 0) is 11.3 Å². The maximum absolute atomic E-state index is 12.6. The number of carbonyl (C=O) groups is 1. The highest BCUT2D eigenvalue weighted by molar-refractivity contribution is 5.95. The zero-order chi connectivity index (χ0) is 18.7. The standard InChI is InChI=1S/C18H24N4O4/c1-11-9-14(13-5-4-6-13)26-18(24)15(11)17(23)20-12(2)16-21-19-10-22(16)7-8-25-3/h9-10,12-13H,4-8H2,1-3H3,(H,20,23). The molecule has 26 heavy (non-hydrogen) atoms. The number of rotatable bonds is 7. The van der Waals surface area contributed by atoms with E-state index in [-0.39, 0.29) is 5.56 Å². The fraction of sp³-hybridized carbons (Fsp3) is 0.556. The predicted octanol–water partition coefficient (Wildman–Crippen LogP) is 1.94. The third kappa shape index (κ3) is 3.70. The molecule has 1 aliphatic rings. The van der Waals surface area contributed by atoms with E-state index in [1.165, 1.54) is 0 Å². The summed E-state index contributed by atoms with van der Waals surface area (Å²) in [6, 6.07) is 1.40. The summed E-state index contributed by atoms with van der Waals surface area (Å²) in [7, 11) is 1.62. The first-order valence-corrected chi connectivity index (χ1v) is 8.83. The van der Waals surface area contributed by atoms with Crippen molar-refractivity contribution in [1.29, 1.82) is 0 Å². The number of nitrogens with one attached hydrogen (secondary N) is 1. The van der Waals surface area contributed by atoms with Gasteiger partial charge in [0.15, 0.2) is 5.82 Å². The Balaban J connectivity index is 1.75. The van der Waals surface area contributed by atoms with Crippen molar-refractivity contribution in [3.8, 4) is 0 Å². The van der Waals surface area contributed by atoms with E-state index >= 15 is 0 Å². The molecule has 0 aliphatic heterocycles. The molecule has 0 aromatic carbocycles. The van der Waals surface area contributed by atoms with Crippen molar-refractivity contribution in [3.63, 3.8) is 0 Å². The summed E-state index contributed by atoms with van der Waals surface area (Å²) in [5.41, 5.74) is 0.0917. The lowest BCUT2D eigenvalue weighted by atomic mass is 9.83. The molecule has 2 aromatic rings. The van der Waals surface area contributed by atoms with Crippen LogP contribution in [0.2, 0.25) is 0 Å². The molecule has 0 saturated heterocycles. The van der Waals surface area contributed by atoms with Gasteiger partial charge in [0, 0.05) is 19.6 Å². The SMILES string of the molecule is COCCn1cnnc1C(C)NC(=O)c1c(C)cc(C2CCC2)oc1=O. The Morgan fingerprint density at radius 2 is 2.27 bits per heavy atom. The smallest absolute Gasteiger partial charge is 0.349 e. The van der Waals surface area contributed by atoms with E-state index in [9.17, 15) is 9.59 Å². The van der Waals surface area contributed by atoms with Crippen LogP contribution in [0.3, 0.4) is 0 Å². The summed E-state index contributed by atoms with van der Waals surface area (Å²) in [5.74, 6) is 1.12. The van der Waals surface area contributed by atoms with E-state index in [2.05, 4.69) is 15.5 Å². The molecule has 3 rings (SSSR count). The lowest BCUT2D eigenvalue weighted by Crippen LogP contribution is -2.33. The Hall–Kier alpha value is -2.48. The first kappa shape index (κ1) is 18.3. The molecule has 0 bridgehead atoms. The number of amides is 1. The van der Waals surface area contributed by atoms with Crippen molar-refractivity contribution < 1.29 is 13.9 Å². The van der Waals surface area contributed by atoms with Crippen molar-refractivity contribution in [2.24, 2.45) is 0 Å². The van der Waals surface area contributed by atoms with E-state index < -0.39 is 17.6 Å². The Morgan fingerprint density at radius 3 is 2.88 bits per heavy atom. The molecule has 2 heterocycles. The van der Waals surface area contributed by atoms with Gasteiger partial charge >= 0.3 is 5.63 Å². The monoisotopic (exact) mass is 360 g/mol. The van der Waals surface area contributed by atoms with Crippen molar-refractivity contribution in [2.45, 2.75) is 51.6 Å². The first-order valence-electron chi connectivity index (χ1n) is 8.83. The molecule has 2 aromatic heterocycles. The van der Waals surface area contributed by atoms with Crippen LogP contribution in [0.4, 0.5) is 0 Å². The van der Waals surface area contributed by atoms with Gasteiger partial charge in [-0.25, -0.2) is 4.79 Å². The van der Waals surface area contributed by atoms with Gasteiger partial charge in [-0.3, -0.25) is 4.79 Å². The number of carbonyl (C=O) groups excluding carboxylic acids is 1. The highest BCUT2D eigenvalue weighted by Crippen LogP contribution is 2.36. The van der Waals surface area contributed by atoms with Gasteiger partial charge in [0.05, 0.1) is 12.6 Å². The van der Waals surface area contributed by atoms with E-state index in [4.69, 9.17) is 9.15 Å². The zero-order valence-electron chi connectivity index (χ0n) is 15.3. The molecule has 1 N–H and O–H groups in total. The quantitative estimate of drug-likeness (QED) is 0.810. The van der Waals surface area contributed by atoms with Crippen LogP contribution >= 0.6 is 0 Å². The Bertz CT molecular complexity index is 838. The van der Waals surface area contributed by atoms with Crippen LogP contribution in [0.5, 0.6) is 0 Å². The topological polar surface area (TPSA) is 99.2 Å². The number of nitrogens with zero attached hydrogens (tertiary/aromatic N) is 3. The molecule has 140 valence electrons. The van der Waals surface area contributed by atoms with Gasteiger partial charge in [0.2, 0.25) is 0 Å². The lowest BCUT2D eigenvalue weighted by Gasteiger charge is -2.24. The third-order valence-electron chi connectivity index (χ3n) is 4.82. The molecule has 1 amide bonds. The van der Waals surface area contributed by atoms with E-state index in [1.807, 2.05) is 10.6 Å². The lowest BCUT2D eigenvalue weighted by molar-refractivity contribution is 0.0931. The summed E-state index contributed by atoms with van der Waals surface area (Å²) in [4.78, 5) is 25.0. The fourth-order valence-corrected chi connectivity index (χ4v) is 3.09. The number of hydrogen-bond acceptors (Lipinski definition) is 6. The molecule has 1 unspecified atom stereocenters. The molecule has 1 fully saturated rings. The number of aryl methyl sites for hydroxylation is 1. The maximum atomic E-state index is 12.6. The molecule has 1 saturated carbocycles. The van der Waals surface area contributed by atoms with Crippen molar-refractivity contribution in [1.82, 2.24) is 20.1 Å². The van der Waals surface area contributed by atoms with Gasteiger partial charge in [-0.05, 0) is 38.3 Å². The minimum atomic E-state index is -0.586. The molecule has 0 radical (unpaired) electrons.